The molecule has 0 amide bonds. The summed E-state index contributed by atoms with van der Waals surface area (Å²) in [6, 6.07) is 10.8. The number of carbonyl (C=O) groups is 2. The molecule has 0 spiro atoms. The quantitative estimate of drug-likeness (QED) is 0.569. The SMILES string of the molecule is COC(=O)c1cc(Oc2cccc(C3OC(CO)C(C)C(O)C3O)c2)cc(C(=O)OC)c1. The number of esters is 2. The van der Waals surface area contributed by atoms with E-state index in [1.54, 1.807) is 31.2 Å². The molecule has 9 nitrogen and oxygen atoms in total. The Kier molecular flexibility index (Phi) is 7.47. The van der Waals surface area contributed by atoms with Gasteiger partial charge in [-0.1, -0.05) is 19.1 Å². The molecule has 9 heteroatoms. The van der Waals surface area contributed by atoms with Crippen LogP contribution in [0.2, 0.25) is 0 Å². The van der Waals surface area contributed by atoms with Gasteiger partial charge in [-0.3, -0.25) is 0 Å². The summed E-state index contributed by atoms with van der Waals surface area (Å²) in [4.78, 5) is 24.0. The molecular weight excluding hydrogens is 420 g/mol. The van der Waals surface area contributed by atoms with Crippen molar-refractivity contribution in [1.82, 2.24) is 0 Å². The molecule has 0 saturated carbocycles. The fourth-order valence-electron chi connectivity index (χ4n) is 3.61. The minimum atomic E-state index is -1.20. The molecular formula is C23H26O9. The van der Waals surface area contributed by atoms with Crippen molar-refractivity contribution >= 4 is 11.9 Å². The van der Waals surface area contributed by atoms with Crippen molar-refractivity contribution in [3.8, 4) is 11.5 Å². The fourth-order valence-corrected chi connectivity index (χ4v) is 3.61. The van der Waals surface area contributed by atoms with E-state index in [1.807, 2.05) is 0 Å². The first-order chi connectivity index (χ1) is 15.3. The monoisotopic (exact) mass is 446 g/mol. The van der Waals surface area contributed by atoms with Gasteiger partial charge in [-0.05, 0) is 35.9 Å². The first-order valence-electron chi connectivity index (χ1n) is 10.0. The van der Waals surface area contributed by atoms with Gasteiger partial charge >= 0.3 is 11.9 Å². The minimum Gasteiger partial charge on any atom is -0.465 e. The van der Waals surface area contributed by atoms with Crippen molar-refractivity contribution in [2.75, 3.05) is 20.8 Å². The molecule has 2 aromatic rings. The largest absolute Gasteiger partial charge is 0.465 e. The third-order valence-corrected chi connectivity index (χ3v) is 5.46. The van der Waals surface area contributed by atoms with Crippen LogP contribution in [0.1, 0.15) is 39.3 Å². The highest BCUT2D eigenvalue weighted by Crippen LogP contribution is 2.36. The molecule has 172 valence electrons. The molecule has 2 aromatic carbocycles. The fraction of sp³-hybridized carbons (Fsp3) is 0.391. The maximum absolute atomic E-state index is 12.0. The molecule has 3 N–H and O–H groups in total. The number of methoxy groups -OCH3 is 2. The molecule has 0 aliphatic carbocycles. The Labute approximate surface area is 185 Å². The Hall–Kier alpha value is -2.98. The van der Waals surface area contributed by atoms with Crippen molar-refractivity contribution in [3.05, 3.63) is 59.2 Å². The zero-order valence-electron chi connectivity index (χ0n) is 17.9. The van der Waals surface area contributed by atoms with Crippen molar-refractivity contribution in [1.29, 1.82) is 0 Å². The van der Waals surface area contributed by atoms with Crippen LogP contribution in [0, 0.1) is 5.92 Å². The van der Waals surface area contributed by atoms with Gasteiger partial charge in [0.05, 0.1) is 44.2 Å². The van der Waals surface area contributed by atoms with E-state index in [-0.39, 0.29) is 23.5 Å². The molecule has 5 unspecified atom stereocenters. The number of benzene rings is 2. The maximum Gasteiger partial charge on any atom is 0.338 e. The lowest BCUT2D eigenvalue weighted by atomic mass is 9.86. The van der Waals surface area contributed by atoms with Gasteiger partial charge < -0.3 is 34.3 Å². The number of aliphatic hydroxyl groups excluding tert-OH is 3. The van der Waals surface area contributed by atoms with Crippen LogP contribution >= 0.6 is 0 Å². The van der Waals surface area contributed by atoms with E-state index in [1.165, 1.54) is 32.4 Å². The Balaban J connectivity index is 1.90. The zero-order valence-corrected chi connectivity index (χ0v) is 17.9. The van der Waals surface area contributed by atoms with Crippen molar-refractivity contribution in [3.63, 3.8) is 0 Å². The first-order valence-corrected chi connectivity index (χ1v) is 10.0. The van der Waals surface area contributed by atoms with Crippen molar-refractivity contribution in [2.45, 2.75) is 31.3 Å². The predicted molar refractivity (Wildman–Crippen MR) is 112 cm³/mol. The first kappa shape index (κ1) is 23.7. The molecule has 0 bridgehead atoms. The van der Waals surface area contributed by atoms with Gasteiger partial charge in [0, 0.05) is 5.92 Å². The summed E-state index contributed by atoms with van der Waals surface area (Å²) in [7, 11) is 2.45. The molecule has 1 heterocycles. The topological polar surface area (TPSA) is 132 Å². The molecule has 5 atom stereocenters. The standard InChI is InChI=1S/C23H26O9/c1-12-18(11-24)32-21(20(26)19(12)25)13-5-4-6-16(8-13)31-17-9-14(22(27)29-2)7-15(10-17)23(28)30-3/h4-10,12,18-21,24-26H,11H2,1-3H3. The summed E-state index contributed by atoms with van der Waals surface area (Å²) in [6.45, 7) is 1.39. The predicted octanol–water partition coefficient (Wildman–Crippen LogP) is 1.84. The van der Waals surface area contributed by atoms with E-state index in [9.17, 15) is 24.9 Å². The van der Waals surface area contributed by atoms with Crippen molar-refractivity contribution in [2.24, 2.45) is 5.92 Å². The van der Waals surface area contributed by atoms with Gasteiger partial charge in [0.1, 0.15) is 23.7 Å². The summed E-state index contributed by atoms with van der Waals surface area (Å²) in [5.74, 6) is -1.21. The molecule has 0 radical (unpaired) electrons. The number of aliphatic hydroxyl groups is 3. The number of ether oxygens (including phenoxy) is 4. The van der Waals surface area contributed by atoms with Crippen LogP contribution in [0.15, 0.2) is 42.5 Å². The lowest BCUT2D eigenvalue weighted by Crippen LogP contribution is -2.50. The molecule has 0 aromatic heterocycles. The van der Waals surface area contributed by atoms with Gasteiger partial charge in [-0.15, -0.1) is 0 Å². The highest BCUT2D eigenvalue weighted by atomic mass is 16.5. The summed E-state index contributed by atoms with van der Waals surface area (Å²) in [6.07, 6.45) is -3.79. The number of hydrogen-bond acceptors (Lipinski definition) is 9. The summed E-state index contributed by atoms with van der Waals surface area (Å²) in [5, 5.41) is 30.4. The number of carbonyl (C=O) groups excluding carboxylic acids is 2. The highest BCUT2D eigenvalue weighted by Gasteiger charge is 2.42. The maximum atomic E-state index is 12.0. The molecule has 1 aliphatic rings. The van der Waals surface area contributed by atoms with Crippen LogP contribution in [-0.4, -0.2) is 66.4 Å². The van der Waals surface area contributed by atoms with Gasteiger partial charge in [0.25, 0.3) is 0 Å². The van der Waals surface area contributed by atoms with E-state index in [2.05, 4.69) is 0 Å². The molecule has 32 heavy (non-hydrogen) atoms. The average Bonchev–Trinajstić information content (AvgIpc) is 2.81. The summed E-state index contributed by atoms with van der Waals surface area (Å²) >= 11 is 0. The zero-order chi connectivity index (χ0) is 23.4. The van der Waals surface area contributed by atoms with E-state index in [0.717, 1.165) is 0 Å². The average molecular weight is 446 g/mol. The van der Waals surface area contributed by atoms with Crippen molar-refractivity contribution < 1.29 is 43.9 Å². The third kappa shape index (κ3) is 4.91. The van der Waals surface area contributed by atoms with Crippen LogP contribution in [0.5, 0.6) is 11.5 Å². The van der Waals surface area contributed by atoms with Crippen LogP contribution < -0.4 is 4.74 Å². The summed E-state index contributed by atoms with van der Waals surface area (Å²) in [5.41, 5.74) is 0.739. The van der Waals surface area contributed by atoms with E-state index < -0.39 is 42.3 Å². The molecule has 1 fully saturated rings. The minimum absolute atomic E-state index is 0.107. The van der Waals surface area contributed by atoms with E-state index >= 15 is 0 Å². The molecule has 3 rings (SSSR count). The second-order valence-electron chi connectivity index (χ2n) is 7.52. The Morgan fingerprint density at radius 3 is 2.12 bits per heavy atom. The Morgan fingerprint density at radius 2 is 1.56 bits per heavy atom. The van der Waals surface area contributed by atoms with Gasteiger partial charge in [0.15, 0.2) is 0 Å². The summed E-state index contributed by atoms with van der Waals surface area (Å²) < 4.78 is 21.1. The lowest BCUT2D eigenvalue weighted by molar-refractivity contribution is -0.207. The van der Waals surface area contributed by atoms with Gasteiger partial charge in [-0.25, -0.2) is 9.59 Å². The second kappa shape index (κ2) is 10.1. The molecule has 1 saturated heterocycles. The Morgan fingerprint density at radius 1 is 0.938 bits per heavy atom. The van der Waals surface area contributed by atoms with Gasteiger partial charge in [-0.2, -0.15) is 0 Å². The second-order valence-corrected chi connectivity index (χ2v) is 7.52. The van der Waals surface area contributed by atoms with Crippen LogP contribution in [0.4, 0.5) is 0 Å². The normalized spacial score (nSPS) is 25.1. The smallest absolute Gasteiger partial charge is 0.338 e. The van der Waals surface area contributed by atoms with Crippen LogP contribution in [0.3, 0.4) is 0 Å². The van der Waals surface area contributed by atoms with Crippen LogP contribution in [-0.2, 0) is 14.2 Å². The van der Waals surface area contributed by atoms with Gasteiger partial charge in [0.2, 0.25) is 0 Å². The van der Waals surface area contributed by atoms with E-state index in [4.69, 9.17) is 18.9 Å². The van der Waals surface area contributed by atoms with E-state index in [0.29, 0.717) is 11.3 Å². The van der Waals surface area contributed by atoms with Crippen LogP contribution in [0.25, 0.3) is 0 Å². The molecule has 1 aliphatic heterocycles. The number of rotatable bonds is 6. The Bertz CT molecular complexity index is 937. The highest BCUT2D eigenvalue weighted by molar-refractivity contribution is 5.96. The lowest BCUT2D eigenvalue weighted by Gasteiger charge is -2.41. The third-order valence-electron chi connectivity index (χ3n) is 5.46. The number of hydrogen-bond donors (Lipinski definition) is 3.